The Bertz CT molecular complexity index is 630. The minimum absolute atomic E-state index is 0.205. The van der Waals surface area contributed by atoms with Gasteiger partial charge in [-0.05, 0) is 48.4 Å². The van der Waals surface area contributed by atoms with Crippen LogP contribution in [0.2, 0.25) is 5.02 Å². The Balaban J connectivity index is 1.56. The molecule has 2 amide bonds. The number of methoxy groups -OCH3 is 1. The van der Waals surface area contributed by atoms with E-state index >= 15 is 0 Å². The van der Waals surface area contributed by atoms with Crippen molar-refractivity contribution in [3.05, 3.63) is 59.1 Å². The quantitative estimate of drug-likeness (QED) is 0.720. The minimum atomic E-state index is -0.205. The lowest BCUT2D eigenvalue weighted by atomic mass is 10.1. The average Bonchev–Trinajstić information content (AvgIpc) is 2.61. The van der Waals surface area contributed by atoms with Crippen molar-refractivity contribution in [3.63, 3.8) is 0 Å². The smallest absolute Gasteiger partial charge is 0.314 e. The second-order valence-electron chi connectivity index (χ2n) is 5.08. The number of hydrogen-bond acceptors (Lipinski definition) is 3. The normalized spacial score (nSPS) is 10.1. The van der Waals surface area contributed by atoms with E-state index < -0.39 is 0 Å². The number of carbonyl (C=O) groups is 1. The fraction of sp³-hybridized carbons (Fsp3) is 0.278. The molecule has 0 saturated heterocycles. The van der Waals surface area contributed by atoms with Crippen LogP contribution in [-0.4, -0.2) is 32.8 Å². The van der Waals surface area contributed by atoms with Crippen LogP contribution in [0.25, 0.3) is 0 Å². The minimum Gasteiger partial charge on any atom is -0.497 e. The highest BCUT2D eigenvalue weighted by Gasteiger charge is 2.00. The van der Waals surface area contributed by atoms with E-state index in [1.165, 1.54) is 0 Å². The first-order chi connectivity index (χ1) is 11.7. The van der Waals surface area contributed by atoms with Crippen LogP contribution < -0.4 is 20.1 Å². The maximum absolute atomic E-state index is 11.7. The summed E-state index contributed by atoms with van der Waals surface area (Å²) in [5.74, 6) is 1.55. The van der Waals surface area contributed by atoms with Gasteiger partial charge < -0.3 is 20.1 Å². The largest absolute Gasteiger partial charge is 0.497 e. The molecule has 128 valence electrons. The van der Waals surface area contributed by atoms with Crippen LogP contribution in [0.1, 0.15) is 5.56 Å². The van der Waals surface area contributed by atoms with Gasteiger partial charge in [0, 0.05) is 11.6 Å². The maximum atomic E-state index is 11.7. The van der Waals surface area contributed by atoms with Crippen LogP contribution in [0.3, 0.4) is 0 Å². The summed E-state index contributed by atoms with van der Waals surface area (Å²) >= 11 is 5.80. The number of hydrogen-bond donors (Lipinski definition) is 2. The molecular formula is C18H21ClN2O3. The summed E-state index contributed by atoms with van der Waals surface area (Å²) in [6, 6.07) is 14.7. The highest BCUT2D eigenvalue weighted by atomic mass is 35.5. The van der Waals surface area contributed by atoms with E-state index in [-0.39, 0.29) is 6.03 Å². The third-order valence-corrected chi connectivity index (χ3v) is 3.58. The molecule has 24 heavy (non-hydrogen) atoms. The number of amides is 2. The van der Waals surface area contributed by atoms with E-state index in [2.05, 4.69) is 10.6 Å². The van der Waals surface area contributed by atoms with Gasteiger partial charge in [-0.25, -0.2) is 4.79 Å². The molecule has 0 unspecified atom stereocenters. The van der Waals surface area contributed by atoms with Crippen LogP contribution in [0.5, 0.6) is 11.5 Å². The van der Waals surface area contributed by atoms with Gasteiger partial charge in [0.05, 0.1) is 13.7 Å². The first-order valence-corrected chi connectivity index (χ1v) is 8.08. The Morgan fingerprint density at radius 2 is 1.58 bits per heavy atom. The van der Waals surface area contributed by atoms with Crippen molar-refractivity contribution in [2.24, 2.45) is 0 Å². The average molecular weight is 349 g/mol. The number of halogens is 1. The molecule has 2 aromatic rings. The molecule has 0 aliphatic heterocycles. The summed E-state index contributed by atoms with van der Waals surface area (Å²) in [6.07, 6.45) is 0.763. The van der Waals surface area contributed by atoms with Crippen molar-refractivity contribution in [1.82, 2.24) is 10.6 Å². The van der Waals surface area contributed by atoms with Gasteiger partial charge in [0.25, 0.3) is 0 Å². The van der Waals surface area contributed by atoms with E-state index in [1.54, 1.807) is 31.4 Å². The van der Waals surface area contributed by atoms with Crippen LogP contribution in [0, 0.1) is 0 Å². The fourth-order valence-electron chi connectivity index (χ4n) is 2.04. The van der Waals surface area contributed by atoms with Crippen molar-refractivity contribution in [2.75, 3.05) is 26.8 Å². The Hall–Kier alpha value is -2.40. The second-order valence-corrected chi connectivity index (χ2v) is 5.52. The van der Waals surface area contributed by atoms with Crippen LogP contribution >= 0.6 is 11.6 Å². The fourth-order valence-corrected chi connectivity index (χ4v) is 2.17. The maximum Gasteiger partial charge on any atom is 0.314 e. The summed E-state index contributed by atoms with van der Waals surface area (Å²) in [5.41, 5.74) is 1.14. The Kier molecular flexibility index (Phi) is 7.23. The van der Waals surface area contributed by atoms with Gasteiger partial charge >= 0.3 is 6.03 Å². The highest BCUT2D eigenvalue weighted by Crippen LogP contribution is 2.15. The molecule has 0 saturated carbocycles. The van der Waals surface area contributed by atoms with Gasteiger partial charge in [-0.1, -0.05) is 23.7 Å². The first-order valence-electron chi connectivity index (χ1n) is 7.70. The predicted molar refractivity (Wildman–Crippen MR) is 95.0 cm³/mol. The van der Waals surface area contributed by atoms with Crippen molar-refractivity contribution >= 4 is 17.6 Å². The molecule has 5 nitrogen and oxygen atoms in total. The van der Waals surface area contributed by atoms with E-state index in [1.807, 2.05) is 24.3 Å². The monoisotopic (exact) mass is 348 g/mol. The molecule has 0 radical (unpaired) electrons. The summed E-state index contributed by atoms with van der Waals surface area (Å²) in [5, 5.41) is 6.22. The lowest BCUT2D eigenvalue weighted by molar-refractivity contribution is 0.236. The van der Waals surface area contributed by atoms with E-state index in [4.69, 9.17) is 21.1 Å². The van der Waals surface area contributed by atoms with Crippen molar-refractivity contribution < 1.29 is 14.3 Å². The highest BCUT2D eigenvalue weighted by molar-refractivity contribution is 6.30. The molecule has 0 aromatic heterocycles. The molecule has 2 N–H and O–H groups in total. The topological polar surface area (TPSA) is 59.6 Å². The summed E-state index contributed by atoms with van der Waals surface area (Å²) < 4.78 is 10.6. The van der Waals surface area contributed by atoms with Gasteiger partial charge in [0.2, 0.25) is 0 Å². The molecule has 0 aliphatic carbocycles. The van der Waals surface area contributed by atoms with Crippen LogP contribution in [0.4, 0.5) is 4.79 Å². The molecule has 0 fully saturated rings. The first kappa shape index (κ1) is 17.9. The summed E-state index contributed by atoms with van der Waals surface area (Å²) in [4.78, 5) is 11.7. The van der Waals surface area contributed by atoms with Gasteiger partial charge in [0.1, 0.15) is 18.1 Å². The van der Waals surface area contributed by atoms with E-state index in [0.29, 0.717) is 24.7 Å². The summed E-state index contributed by atoms with van der Waals surface area (Å²) in [6.45, 7) is 1.39. The predicted octanol–water partition coefficient (Wildman–Crippen LogP) is 3.27. The van der Waals surface area contributed by atoms with E-state index in [9.17, 15) is 4.79 Å². The Morgan fingerprint density at radius 3 is 2.25 bits per heavy atom. The standard InChI is InChI=1S/C18H21ClN2O3/c1-23-16-6-2-14(3-7-16)10-11-20-18(22)21-12-13-24-17-8-4-15(19)5-9-17/h2-9H,10-13H2,1H3,(H2,20,21,22). The molecule has 0 aliphatic rings. The van der Waals surface area contributed by atoms with Gasteiger partial charge in [-0.3, -0.25) is 0 Å². The van der Waals surface area contributed by atoms with E-state index in [0.717, 1.165) is 23.5 Å². The lowest BCUT2D eigenvalue weighted by Crippen LogP contribution is -2.38. The zero-order chi connectivity index (χ0) is 17.2. The molecule has 0 heterocycles. The number of benzene rings is 2. The van der Waals surface area contributed by atoms with Crippen LogP contribution in [-0.2, 0) is 6.42 Å². The number of carbonyl (C=O) groups excluding carboxylic acids is 1. The third-order valence-electron chi connectivity index (χ3n) is 3.33. The molecule has 0 atom stereocenters. The SMILES string of the molecule is COc1ccc(CCNC(=O)NCCOc2ccc(Cl)cc2)cc1. The number of ether oxygens (including phenoxy) is 2. The molecule has 0 bridgehead atoms. The molecule has 0 spiro atoms. The molecule has 2 rings (SSSR count). The van der Waals surface area contributed by atoms with Gasteiger partial charge in [-0.15, -0.1) is 0 Å². The molecular weight excluding hydrogens is 328 g/mol. The number of urea groups is 1. The van der Waals surface area contributed by atoms with Crippen LogP contribution in [0.15, 0.2) is 48.5 Å². The zero-order valence-corrected chi connectivity index (χ0v) is 14.3. The van der Waals surface area contributed by atoms with Crippen molar-refractivity contribution in [1.29, 1.82) is 0 Å². The number of rotatable bonds is 8. The third kappa shape index (κ3) is 6.38. The Labute approximate surface area is 146 Å². The summed E-state index contributed by atoms with van der Waals surface area (Å²) in [7, 11) is 1.64. The molecule has 2 aromatic carbocycles. The Morgan fingerprint density at radius 1 is 0.958 bits per heavy atom. The second kappa shape index (κ2) is 9.67. The lowest BCUT2D eigenvalue weighted by Gasteiger charge is -2.09. The van der Waals surface area contributed by atoms with Crippen molar-refractivity contribution in [2.45, 2.75) is 6.42 Å². The number of nitrogens with one attached hydrogen (secondary N) is 2. The van der Waals surface area contributed by atoms with Gasteiger partial charge in [0.15, 0.2) is 0 Å². The zero-order valence-electron chi connectivity index (χ0n) is 13.5. The van der Waals surface area contributed by atoms with Gasteiger partial charge in [-0.2, -0.15) is 0 Å². The van der Waals surface area contributed by atoms with Crippen molar-refractivity contribution in [3.8, 4) is 11.5 Å². The molecule has 6 heteroatoms.